The van der Waals surface area contributed by atoms with E-state index in [4.69, 9.17) is 0 Å². The van der Waals surface area contributed by atoms with Crippen molar-refractivity contribution in [1.82, 2.24) is 13.9 Å². The van der Waals surface area contributed by atoms with Crippen molar-refractivity contribution in [3.63, 3.8) is 0 Å². The van der Waals surface area contributed by atoms with E-state index in [1.54, 1.807) is 12.1 Å². The van der Waals surface area contributed by atoms with Gasteiger partial charge in [0.05, 0.1) is 41.3 Å². The highest BCUT2D eigenvalue weighted by atomic mass is 32.2. The monoisotopic (exact) mass is 500 g/mol. The van der Waals surface area contributed by atoms with Gasteiger partial charge in [0, 0.05) is 17.1 Å². The predicted octanol–water partition coefficient (Wildman–Crippen LogP) is 4.74. The fourth-order valence-electron chi connectivity index (χ4n) is 3.69. The summed E-state index contributed by atoms with van der Waals surface area (Å²) >= 11 is 0. The minimum atomic E-state index is -4.06. The number of fused-ring (bicyclic) bond motifs is 1. The average molecular weight is 501 g/mol. The fraction of sp³-hybridized carbons (Fsp3) is 0.280. The number of aromatic nitrogens is 3. The molecule has 0 amide bonds. The number of pyridine rings is 2. The Bertz CT molecular complexity index is 1490. The normalized spacial score (nSPS) is 13.2. The van der Waals surface area contributed by atoms with Crippen LogP contribution in [-0.4, -0.2) is 40.1 Å². The molecule has 0 bridgehead atoms. The molecule has 4 rings (SSSR count). The SMILES string of the molecule is Cc1ccc(S(=O)(=O)n2cc(-c3cc(NC(CO)C(C)(C)C)c(F)cn3)c3cc(F)cnc32)cc1. The molecule has 0 spiro atoms. The van der Waals surface area contributed by atoms with Crippen LogP contribution in [0.5, 0.6) is 0 Å². The van der Waals surface area contributed by atoms with Crippen molar-refractivity contribution in [2.45, 2.75) is 38.6 Å². The van der Waals surface area contributed by atoms with E-state index in [1.165, 1.54) is 30.5 Å². The highest BCUT2D eigenvalue weighted by Gasteiger charge is 2.26. The summed E-state index contributed by atoms with van der Waals surface area (Å²) in [7, 11) is -4.06. The van der Waals surface area contributed by atoms with Gasteiger partial charge in [0.2, 0.25) is 0 Å². The lowest BCUT2D eigenvalue weighted by atomic mass is 9.87. The fourth-order valence-corrected chi connectivity index (χ4v) is 5.01. The first-order chi connectivity index (χ1) is 16.4. The van der Waals surface area contributed by atoms with Crippen molar-refractivity contribution < 1.29 is 22.3 Å². The third kappa shape index (κ3) is 4.76. The van der Waals surface area contributed by atoms with Gasteiger partial charge in [-0.3, -0.25) is 4.98 Å². The maximum Gasteiger partial charge on any atom is 0.269 e. The summed E-state index contributed by atoms with van der Waals surface area (Å²) in [5, 5.41) is 13.0. The van der Waals surface area contributed by atoms with E-state index in [2.05, 4.69) is 15.3 Å². The van der Waals surface area contributed by atoms with Crippen molar-refractivity contribution in [1.29, 1.82) is 0 Å². The number of halogens is 2. The molecule has 0 aliphatic rings. The predicted molar refractivity (Wildman–Crippen MR) is 131 cm³/mol. The number of rotatable bonds is 6. The molecule has 0 aliphatic heterocycles. The van der Waals surface area contributed by atoms with E-state index in [-0.39, 0.29) is 44.9 Å². The molecule has 3 aromatic heterocycles. The molecular formula is C25H26F2N4O3S. The number of hydrogen-bond acceptors (Lipinski definition) is 6. The summed E-state index contributed by atoms with van der Waals surface area (Å²) in [5.74, 6) is -1.30. The summed E-state index contributed by atoms with van der Waals surface area (Å²) in [6.45, 7) is 7.32. The van der Waals surface area contributed by atoms with Crippen molar-refractivity contribution in [2.75, 3.05) is 11.9 Å². The number of nitrogens with one attached hydrogen (secondary N) is 1. The van der Waals surface area contributed by atoms with Gasteiger partial charge in [-0.2, -0.15) is 0 Å². The van der Waals surface area contributed by atoms with Crippen molar-refractivity contribution in [3.05, 3.63) is 72.2 Å². The van der Waals surface area contributed by atoms with E-state index in [0.717, 1.165) is 21.9 Å². The Kier molecular flexibility index (Phi) is 6.37. The summed E-state index contributed by atoms with van der Waals surface area (Å²) in [5.41, 5.74) is 1.10. The van der Waals surface area contributed by atoms with E-state index in [0.29, 0.717) is 0 Å². The van der Waals surface area contributed by atoms with Gasteiger partial charge in [-0.05, 0) is 36.6 Å². The van der Waals surface area contributed by atoms with Crippen molar-refractivity contribution in [3.8, 4) is 11.3 Å². The molecule has 7 nitrogen and oxygen atoms in total. The molecule has 3 heterocycles. The summed E-state index contributed by atoms with van der Waals surface area (Å²) in [6, 6.07) is 8.44. The van der Waals surface area contributed by atoms with E-state index < -0.39 is 27.7 Å². The zero-order valence-electron chi connectivity index (χ0n) is 19.8. The first-order valence-corrected chi connectivity index (χ1v) is 12.4. The van der Waals surface area contributed by atoms with Gasteiger partial charge in [0.15, 0.2) is 11.5 Å². The van der Waals surface area contributed by atoms with Gasteiger partial charge in [-0.25, -0.2) is 26.2 Å². The number of anilines is 1. The Labute approximate surface area is 202 Å². The lowest BCUT2D eigenvalue weighted by Crippen LogP contribution is -2.37. The largest absolute Gasteiger partial charge is 0.394 e. The second kappa shape index (κ2) is 9.01. The third-order valence-corrected chi connectivity index (χ3v) is 7.51. The maximum atomic E-state index is 14.6. The summed E-state index contributed by atoms with van der Waals surface area (Å²) < 4.78 is 56.6. The number of benzene rings is 1. The van der Waals surface area contributed by atoms with Crippen LogP contribution in [0.3, 0.4) is 0 Å². The standard InChI is InChI=1S/C25H26F2N4O3S/c1-15-5-7-17(8-6-15)35(33,34)31-13-19(18-9-16(26)11-29-24(18)31)21-10-22(20(27)12-28-21)30-23(14-32)25(2,3)4/h5-13,23,32H,14H2,1-4H3,(H,28,30). The van der Waals surface area contributed by atoms with Gasteiger partial charge in [0.25, 0.3) is 10.0 Å². The van der Waals surface area contributed by atoms with Crippen LogP contribution in [0.25, 0.3) is 22.3 Å². The van der Waals surface area contributed by atoms with Crippen LogP contribution in [0.4, 0.5) is 14.5 Å². The van der Waals surface area contributed by atoms with E-state index in [1.807, 2.05) is 27.7 Å². The molecule has 0 radical (unpaired) electrons. The summed E-state index contributed by atoms with van der Waals surface area (Å²) in [6.07, 6.45) is 3.25. The Morgan fingerprint density at radius 1 is 1.09 bits per heavy atom. The second-order valence-corrected chi connectivity index (χ2v) is 11.3. The minimum Gasteiger partial charge on any atom is -0.394 e. The zero-order chi connectivity index (χ0) is 25.5. The van der Waals surface area contributed by atoms with Gasteiger partial charge < -0.3 is 10.4 Å². The average Bonchev–Trinajstić information content (AvgIpc) is 3.17. The number of hydrogen-bond donors (Lipinski definition) is 2. The highest BCUT2D eigenvalue weighted by Crippen LogP contribution is 2.34. The molecule has 0 saturated carbocycles. The quantitative estimate of drug-likeness (QED) is 0.397. The van der Waals surface area contributed by atoms with Crippen LogP contribution >= 0.6 is 0 Å². The first kappa shape index (κ1) is 24.7. The van der Waals surface area contributed by atoms with Crippen LogP contribution in [0.2, 0.25) is 0 Å². The van der Waals surface area contributed by atoms with Gasteiger partial charge in [0.1, 0.15) is 5.82 Å². The van der Waals surface area contributed by atoms with Crippen LogP contribution in [-0.2, 0) is 10.0 Å². The first-order valence-electron chi connectivity index (χ1n) is 10.9. The van der Waals surface area contributed by atoms with Gasteiger partial charge in [-0.15, -0.1) is 0 Å². The Balaban J connectivity index is 1.88. The molecule has 1 unspecified atom stereocenters. The lowest BCUT2D eigenvalue weighted by molar-refractivity contribution is 0.201. The maximum absolute atomic E-state index is 14.6. The molecule has 1 aromatic carbocycles. The lowest BCUT2D eigenvalue weighted by Gasteiger charge is -2.30. The number of aliphatic hydroxyl groups is 1. The number of aliphatic hydroxyl groups excluding tert-OH is 1. The molecule has 184 valence electrons. The van der Waals surface area contributed by atoms with Gasteiger partial charge in [-0.1, -0.05) is 38.5 Å². The Morgan fingerprint density at radius 3 is 2.40 bits per heavy atom. The van der Waals surface area contributed by atoms with E-state index >= 15 is 0 Å². The number of nitrogens with zero attached hydrogens (tertiary/aromatic N) is 3. The number of aryl methyl sites for hydroxylation is 1. The van der Waals surface area contributed by atoms with Crippen LogP contribution in [0.15, 0.2) is 59.9 Å². The molecule has 10 heteroatoms. The molecule has 2 N–H and O–H groups in total. The van der Waals surface area contributed by atoms with Crippen molar-refractivity contribution >= 4 is 26.7 Å². The van der Waals surface area contributed by atoms with Crippen LogP contribution < -0.4 is 5.32 Å². The molecule has 1 atom stereocenters. The molecule has 4 aromatic rings. The topological polar surface area (TPSA) is 97.1 Å². The smallest absolute Gasteiger partial charge is 0.269 e. The van der Waals surface area contributed by atoms with Gasteiger partial charge >= 0.3 is 0 Å². The van der Waals surface area contributed by atoms with Crippen molar-refractivity contribution in [2.24, 2.45) is 5.41 Å². The molecule has 35 heavy (non-hydrogen) atoms. The summed E-state index contributed by atoms with van der Waals surface area (Å²) in [4.78, 5) is 8.20. The third-order valence-electron chi connectivity index (χ3n) is 5.85. The second-order valence-electron chi connectivity index (χ2n) is 9.48. The van der Waals surface area contributed by atoms with E-state index in [9.17, 15) is 22.3 Å². The molecule has 0 aliphatic carbocycles. The van der Waals surface area contributed by atoms with Crippen LogP contribution in [0.1, 0.15) is 26.3 Å². The highest BCUT2D eigenvalue weighted by molar-refractivity contribution is 7.90. The Hall–Kier alpha value is -3.37. The molecule has 0 saturated heterocycles. The van der Waals surface area contributed by atoms with Crippen LogP contribution in [0, 0.1) is 24.0 Å². The molecular weight excluding hydrogens is 474 g/mol. The molecule has 0 fully saturated rings. The minimum absolute atomic E-state index is 0.0190. The zero-order valence-corrected chi connectivity index (χ0v) is 20.6. The Morgan fingerprint density at radius 2 is 1.77 bits per heavy atom.